The molecule has 2 atom stereocenters. The minimum atomic E-state index is -0.953. The Balaban J connectivity index is 1.95. The van der Waals surface area contributed by atoms with Crippen LogP contribution < -0.4 is 4.43 Å². The van der Waals surface area contributed by atoms with Crippen molar-refractivity contribution in [1.82, 2.24) is 0 Å². The molecular weight excluding hydrogens is 386 g/mol. The Morgan fingerprint density at radius 3 is 2.32 bits per heavy atom. The average molecular weight is 414 g/mol. The molecule has 0 bridgehead atoms. The van der Waals surface area contributed by atoms with Gasteiger partial charge in [-0.05, 0) is 53.7 Å². The minimum absolute atomic E-state index is 0.291. The first-order chi connectivity index (χ1) is 13.4. The molecule has 0 spiro atoms. The van der Waals surface area contributed by atoms with Crippen LogP contribution in [-0.4, -0.2) is 37.8 Å². The predicted octanol–water partition coefficient (Wildman–Crippen LogP) is 2.07. The van der Waals surface area contributed by atoms with Crippen LogP contribution in [0.25, 0.3) is 6.08 Å². The first kappa shape index (κ1) is 21.8. The molecule has 0 saturated heterocycles. The minimum Gasteiger partial charge on any atom is -0.553 e. The van der Waals surface area contributed by atoms with Crippen LogP contribution in [0.1, 0.15) is 36.1 Å². The van der Waals surface area contributed by atoms with Crippen molar-refractivity contribution in [2.24, 2.45) is 5.92 Å². The third kappa shape index (κ3) is 6.59. The highest BCUT2D eigenvalue weighted by atomic mass is 28.2. The second-order valence-corrected chi connectivity index (χ2v) is 7.72. The van der Waals surface area contributed by atoms with E-state index in [9.17, 15) is 4.79 Å². The molecule has 7 heteroatoms. The monoisotopic (exact) mass is 413 g/mol. The van der Waals surface area contributed by atoms with Gasteiger partial charge in [0, 0.05) is 11.8 Å². The highest BCUT2D eigenvalue weighted by Crippen LogP contribution is 2.24. The summed E-state index contributed by atoms with van der Waals surface area (Å²) in [5.41, 5.74) is 3.61. The molecule has 0 radical (unpaired) electrons. The average Bonchev–Trinajstić information content (AvgIpc) is 2.68. The second kappa shape index (κ2) is 10.7. The number of hydrogen-bond acceptors (Lipinski definition) is 4. The number of carboxylic acid groups (broad SMARTS) is 1. The molecule has 0 heterocycles. The van der Waals surface area contributed by atoms with Gasteiger partial charge in [-0.1, -0.05) is 43.3 Å². The summed E-state index contributed by atoms with van der Waals surface area (Å²) in [5, 5.41) is 17.2. The number of hydrogen-bond donors (Lipinski definition) is 2. The molecule has 0 aliphatic heterocycles. The van der Waals surface area contributed by atoms with Crippen molar-refractivity contribution >= 4 is 38.7 Å². The van der Waals surface area contributed by atoms with Crippen molar-refractivity contribution in [2.45, 2.75) is 25.9 Å². The fourth-order valence-electron chi connectivity index (χ4n) is 3.15. The van der Waals surface area contributed by atoms with Crippen LogP contribution >= 0.6 is 0 Å². The first-order valence-corrected chi connectivity index (χ1v) is 10.8. The smallest absolute Gasteiger partial charge is 0.328 e. The van der Waals surface area contributed by atoms with Gasteiger partial charge in [0.2, 0.25) is 10.5 Å². The fourth-order valence-corrected chi connectivity index (χ4v) is 3.98. The van der Waals surface area contributed by atoms with Gasteiger partial charge < -0.3 is 19.4 Å². The normalized spacial score (nSPS) is 13.5. The van der Waals surface area contributed by atoms with E-state index in [1.165, 1.54) is 5.56 Å². The van der Waals surface area contributed by atoms with E-state index in [0.29, 0.717) is 39.0 Å². The van der Waals surface area contributed by atoms with E-state index >= 15 is 0 Å². The Bertz CT molecular complexity index is 819. The van der Waals surface area contributed by atoms with Gasteiger partial charge in [-0.2, -0.15) is 0 Å². The Morgan fingerprint density at radius 1 is 1.14 bits per heavy atom. The summed E-state index contributed by atoms with van der Waals surface area (Å²) < 4.78 is 11.0. The lowest BCUT2D eigenvalue weighted by atomic mass is 9.92. The van der Waals surface area contributed by atoms with Gasteiger partial charge in [-0.25, -0.2) is 4.79 Å². The van der Waals surface area contributed by atoms with Crippen molar-refractivity contribution in [1.29, 1.82) is 5.41 Å². The Hall–Kier alpha value is -2.49. The Labute approximate surface area is 172 Å². The van der Waals surface area contributed by atoms with Crippen molar-refractivity contribution in [3.8, 4) is 5.75 Å². The lowest BCUT2D eigenvalue weighted by molar-refractivity contribution is -0.131. The highest BCUT2D eigenvalue weighted by Gasteiger charge is 2.18. The Morgan fingerprint density at radius 2 is 1.79 bits per heavy atom. The number of carbonyl (C=O) groups is 1. The number of benzene rings is 2. The summed E-state index contributed by atoms with van der Waals surface area (Å²) in [4.78, 5) is 10.6. The third-order valence-electron chi connectivity index (χ3n) is 4.52. The van der Waals surface area contributed by atoms with Crippen molar-refractivity contribution in [3.63, 3.8) is 0 Å². The SMILES string of the molecule is CC(CC(=N)C(O[SiH3])c1ccc(O[SiH3])cc1)Cc1ccc(C=CC(=O)O)cc1. The zero-order valence-corrected chi connectivity index (χ0v) is 20.5. The van der Waals surface area contributed by atoms with Gasteiger partial charge in [-0.15, -0.1) is 0 Å². The molecule has 0 aliphatic carbocycles. The number of carboxylic acids is 1. The van der Waals surface area contributed by atoms with E-state index < -0.39 is 5.97 Å². The van der Waals surface area contributed by atoms with E-state index in [4.69, 9.17) is 19.4 Å². The zero-order chi connectivity index (χ0) is 20.5. The van der Waals surface area contributed by atoms with E-state index in [-0.39, 0.29) is 6.10 Å². The summed E-state index contributed by atoms with van der Waals surface area (Å²) in [6, 6.07) is 15.6. The number of rotatable bonds is 10. The molecule has 2 rings (SSSR count). The van der Waals surface area contributed by atoms with Gasteiger partial charge >= 0.3 is 5.97 Å². The standard InChI is InChI=1S/C21H27NO4Si2/c1-14(12-16-4-2-15(3-5-16)6-11-20(23)24)13-19(22)21(26-28)17-7-9-18(25-27)10-8-17/h2-11,14,21-22H,12-13H2,1,27-28H3,(H,23,24). The number of nitrogens with one attached hydrogen (secondary N) is 1. The largest absolute Gasteiger partial charge is 0.553 e. The van der Waals surface area contributed by atoms with Crippen molar-refractivity contribution in [3.05, 3.63) is 71.3 Å². The van der Waals surface area contributed by atoms with E-state index in [2.05, 4.69) is 6.92 Å². The maximum absolute atomic E-state index is 10.6. The molecule has 0 saturated carbocycles. The van der Waals surface area contributed by atoms with E-state index in [1.807, 2.05) is 48.5 Å². The quantitative estimate of drug-likeness (QED) is 0.355. The van der Waals surface area contributed by atoms with Gasteiger partial charge in [0.05, 0.1) is 0 Å². The number of aliphatic carboxylic acids is 1. The predicted molar refractivity (Wildman–Crippen MR) is 119 cm³/mol. The molecule has 0 amide bonds. The fraction of sp³-hybridized carbons (Fsp3) is 0.238. The molecule has 28 heavy (non-hydrogen) atoms. The van der Waals surface area contributed by atoms with Gasteiger partial charge in [0.1, 0.15) is 22.3 Å². The zero-order valence-electron chi connectivity index (χ0n) is 16.5. The first-order valence-electron chi connectivity index (χ1n) is 9.17. The molecule has 0 fully saturated rings. The lowest BCUT2D eigenvalue weighted by Crippen LogP contribution is -2.18. The molecule has 5 nitrogen and oxygen atoms in total. The summed E-state index contributed by atoms with van der Waals surface area (Å²) >= 11 is 0. The van der Waals surface area contributed by atoms with Crippen molar-refractivity contribution in [2.75, 3.05) is 0 Å². The molecule has 148 valence electrons. The second-order valence-electron chi connectivity index (χ2n) is 6.84. The van der Waals surface area contributed by atoms with Crippen LogP contribution in [0.5, 0.6) is 5.75 Å². The molecule has 2 aromatic carbocycles. The van der Waals surface area contributed by atoms with E-state index in [0.717, 1.165) is 29.4 Å². The summed E-state index contributed by atoms with van der Waals surface area (Å²) in [7, 11) is 1.22. The topological polar surface area (TPSA) is 79.6 Å². The molecular formula is C21H27NO4Si2. The Kier molecular flexibility index (Phi) is 8.37. The summed E-state index contributed by atoms with van der Waals surface area (Å²) in [5.74, 6) is 0.200. The van der Waals surface area contributed by atoms with Crippen LogP contribution in [0.3, 0.4) is 0 Å². The highest BCUT2D eigenvalue weighted by molar-refractivity contribution is 6.01. The van der Waals surface area contributed by atoms with Gasteiger partial charge in [0.25, 0.3) is 0 Å². The summed E-state index contributed by atoms with van der Waals surface area (Å²) in [6.45, 7) is 2.13. The molecule has 0 aromatic heterocycles. The van der Waals surface area contributed by atoms with Crippen LogP contribution in [-0.2, 0) is 15.6 Å². The molecule has 0 aliphatic rings. The third-order valence-corrected chi connectivity index (χ3v) is 5.46. The van der Waals surface area contributed by atoms with Crippen molar-refractivity contribution < 1.29 is 18.8 Å². The maximum atomic E-state index is 10.6. The summed E-state index contributed by atoms with van der Waals surface area (Å²) in [6.07, 6.45) is 3.93. The molecule has 2 unspecified atom stereocenters. The molecule has 2 aromatic rings. The van der Waals surface area contributed by atoms with Crippen LogP contribution in [0, 0.1) is 11.3 Å². The maximum Gasteiger partial charge on any atom is 0.328 e. The van der Waals surface area contributed by atoms with Crippen LogP contribution in [0.15, 0.2) is 54.6 Å². The van der Waals surface area contributed by atoms with E-state index in [1.54, 1.807) is 6.08 Å². The van der Waals surface area contributed by atoms with Gasteiger partial charge in [0.15, 0.2) is 0 Å². The van der Waals surface area contributed by atoms with Crippen LogP contribution in [0.2, 0.25) is 0 Å². The lowest BCUT2D eigenvalue weighted by Gasteiger charge is -2.21. The van der Waals surface area contributed by atoms with Crippen LogP contribution in [0.4, 0.5) is 0 Å². The van der Waals surface area contributed by atoms with Gasteiger partial charge in [-0.3, -0.25) is 0 Å². The molecule has 2 N–H and O–H groups in total.